The molecule has 9 heteroatoms. The first-order valence-corrected chi connectivity index (χ1v) is 10.1. The first-order valence-electron chi connectivity index (χ1n) is 10.1. The average molecular weight is 510 g/mol. The summed E-state index contributed by atoms with van der Waals surface area (Å²) in [6, 6.07) is 0. The van der Waals surface area contributed by atoms with Crippen molar-refractivity contribution in [3.63, 3.8) is 0 Å². The number of nitrogens with zero attached hydrogens (tertiary/aromatic N) is 3. The van der Waals surface area contributed by atoms with Crippen LogP contribution >= 0.6 is 24.0 Å². The number of rotatable bonds is 5. The third-order valence-corrected chi connectivity index (χ3v) is 5.76. The van der Waals surface area contributed by atoms with Crippen molar-refractivity contribution < 1.29 is 19.0 Å². The number of likely N-dealkylation sites (N-methyl/N-ethyl adjacent to an activating group) is 1. The molecule has 1 N–H and O–H groups in total. The number of carbonyl (C=O) groups is 1. The van der Waals surface area contributed by atoms with Gasteiger partial charge in [0.05, 0.1) is 19.8 Å². The molecule has 0 aliphatic carbocycles. The van der Waals surface area contributed by atoms with Crippen molar-refractivity contribution in [2.45, 2.75) is 32.0 Å². The molecule has 3 aliphatic rings. The number of hydrogen-bond acceptors (Lipinski definition) is 5. The van der Waals surface area contributed by atoms with Gasteiger partial charge < -0.3 is 29.3 Å². The molecule has 3 fully saturated rings. The Kier molecular flexibility index (Phi) is 9.23. The van der Waals surface area contributed by atoms with Crippen molar-refractivity contribution in [3.05, 3.63) is 0 Å². The number of aliphatic imine (C=N–C) groups is 1. The van der Waals surface area contributed by atoms with Crippen LogP contribution in [0.15, 0.2) is 4.99 Å². The van der Waals surface area contributed by atoms with Gasteiger partial charge in [0.15, 0.2) is 11.7 Å². The van der Waals surface area contributed by atoms with E-state index < -0.39 is 5.79 Å². The van der Waals surface area contributed by atoms with Gasteiger partial charge in [0.2, 0.25) is 5.91 Å². The summed E-state index contributed by atoms with van der Waals surface area (Å²) in [5.41, 5.74) is 0. The highest BCUT2D eigenvalue weighted by molar-refractivity contribution is 14.0. The highest BCUT2D eigenvalue weighted by atomic mass is 127. The maximum absolute atomic E-state index is 12.0. The van der Waals surface area contributed by atoms with E-state index in [1.54, 1.807) is 19.0 Å². The molecule has 0 radical (unpaired) electrons. The monoisotopic (exact) mass is 510 g/mol. The van der Waals surface area contributed by atoms with Crippen LogP contribution in [0.4, 0.5) is 0 Å². The van der Waals surface area contributed by atoms with E-state index in [1.165, 1.54) is 0 Å². The second kappa shape index (κ2) is 10.9. The van der Waals surface area contributed by atoms with Gasteiger partial charge in [-0.3, -0.25) is 4.79 Å². The molecule has 3 rings (SSSR count). The SMILES string of the molecule is CN(C)C(=O)CN=C(NCC1CCOC1)N1CCCC(C2(C)OCCO2)C1.I. The van der Waals surface area contributed by atoms with Crippen molar-refractivity contribution in [1.82, 2.24) is 15.1 Å². The lowest BCUT2D eigenvalue weighted by Crippen LogP contribution is -2.52. The van der Waals surface area contributed by atoms with Crippen molar-refractivity contribution in [2.75, 3.05) is 66.7 Å². The number of guanidine groups is 1. The van der Waals surface area contributed by atoms with E-state index in [1.807, 2.05) is 6.92 Å². The molecule has 162 valence electrons. The Hall–Kier alpha value is -0.650. The van der Waals surface area contributed by atoms with Gasteiger partial charge in [0.25, 0.3) is 0 Å². The van der Waals surface area contributed by atoms with Crippen LogP contribution in [0.1, 0.15) is 26.2 Å². The Morgan fingerprint density at radius 2 is 2.00 bits per heavy atom. The van der Waals surface area contributed by atoms with Crippen LogP contribution in [-0.4, -0.2) is 94.2 Å². The van der Waals surface area contributed by atoms with Crippen molar-refractivity contribution >= 4 is 35.8 Å². The van der Waals surface area contributed by atoms with Crippen molar-refractivity contribution in [3.8, 4) is 0 Å². The summed E-state index contributed by atoms with van der Waals surface area (Å²) in [6.07, 6.45) is 3.20. The van der Waals surface area contributed by atoms with Gasteiger partial charge in [0.1, 0.15) is 6.54 Å². The Bertz CT molecular complexity index is 534. The molecule has 28 heavy (non-hydrogen) atoms. The smallest absolute Gasteiger partial charge is 0.243 e. The molecule has 2 unspecified atom stereocenters. The molecule has 3 heterocycles. The van der Waals surface area contributed by atoms with Crippen LogP contribution in [-0.2, 0) is 19.0 Å². The highest BCUT2D eigenvalue weighted by Crippen LogP contribution is 2.34. The summed E-state index contributed by atoms with van der Waals surface area (Å²) in [5.74, 6) is 1.09. The number of likely N-dealkylation sites (tertiary alicyclic amines) is 1. The zero-order valence-corrected chi connectivity index (χ0v) is 19.6. The van der Waals surface area contributed by atoms with E-state index in [0.717, 1.165) is 58.1 Å². The molecule has 0 saturated carbocycles. The highest BCUT2D eigenvalue weighted by Gasteiger charge is 2.42. The Balaban J connectivity index is 0.00000280. The number of hydrogen-bond donors (Lipinski definition) is 1. The number of carbonyl (C=O) groups excluding carboxylic acids is 1. The quantitative estimate of drug-likeness (QED) is 0.340. The molecule has 2 atom stereocenters. The van der Waals surface area contributed by atoms with Crippen molar-refractivity contribution in [2.24, 2.45) is 16.8 Å². The van der Waals surface area contributed by atoms with E-state index >= 15 is 0 Å². The number of nitrogens with one attached hydrogen (secondary N) is 1. The fourth-order valence-electron chi connectivity index (χ4n) is 3.90. The molecule has 8 nitrogen and oxygen atoms in total. The predicted molar refractivity (Wildman–Crippen MR) is 118 cm³/mol. The van der Waals surface area contributed by atoms with Crippen LogP contribution in [0.2, 0.25) is 0 Å². The Morgan fingerprint density at radius 3 is 2.64 bits per heavy atom. The number of amides is 1. The van der Waals surface area contributed by atoms with Crippen LogP contribution in [0, 0.1) is 11.8 Å². The predicted octanol–water partition coefficient (Wildman–Crippen LogP) is 1.15. The largest absolute Gasteiger partial charge is 0.381 e. The van der Waals surface area contributed by atoms with Crippen molar-refractivity contribution in [1.29, 1.82) is 0 Å². The van der Waals surface area contributed by atoms with Gasteiger partial charge in [-0.25, -0.2) is 4.99 Å². The molecular weight excluding hydrogens is 475 g/mol. The topological polar surface area (TPSA) is 75.6 Å². The van der Waals surface area contributed by atoms with Gasteiger partial charge >= 0.3 is 0 Å². The second-order valence-electron chi connectivity index (χ2n) is 8.04. The number of ether oxygens (including phenoxy) is 3. The van der Waals surface area contributed by atoms with E-state index in [0.29, 0.717) is 25.0 Å². The summed E-state index contributed by atoms with van der Waals surface area (Å²) in [5, 5.41) is 3.49. The summed E-state index contributed by atoms with van der Waals surface area (Å²) < 4.78 is 17.3. The lowest BCUT2D eigenvalue weighted by Gasteiger charge is -2.41. The fourth-order valence-corrected chi connectivity index (χ4v) is 3.90. The molecule has 0 spiro atoms. The fraction of sp³-hybridized carbons (Fsp3) is 0.895. The van der Waals surface area contributed by atoms with E-state index in [9.17, 15) is 4.79 Å². The van der Waals surface area contributed by atoms with Gasteiger partial charge in [-0.15, -0.1) is 24.0 Å². The standard InChI is InChI=1S/C19H34N4O4.HI/c1-19(26-9-10-27-19)16-5-4-7-23(13-16)18(21-12-17(24)22(2)3)20-11-15-6-8-25-14-15;/h15-16H,4-14H2,1-3H3,(H,20,21);1H. The minimum atomic E-state index is -0.511. The molecule has 0 bridgehead atoms. The summed E-state index contributed by atoms with van der Waals surface area (Å²) in [6.45, 7) is 7.70. The van der Waals surface area contributed by atoms with Gasteiger partial charge in [-0.2, -0.15) is 0 Å². The summed E-state index contributed by atoms with van der Waals surface area (Å²) in [7, 11) is 3.51. The molecule has 0 aromatic rings. The van der Waals surface area contributed by atoms with Gasteiger partial charge in [-0.05, 0) is 26.2 Å². The third kappa shape index (κ3) is 6.17. The van der Waals surface area contributed by atoms with Crippen LogP contribution < -0.4 is 5.32 Å². The van der Waals surface area contributed by atoms with E-state index in [2.05, 4.69) is 15.2 Å². The average Bonchev–Trinajstić information content (AvgIpc) is 3.34. The van der Waals surface area contributed by atoms with Gasteiger partial charge in [-0.1, -0.05) is 0 Å². The summed E-state index contributed by atoms with van der Waals surface area (Å²) >= 11 is 0. The second-order valence-corrected chi connectivity index (χ2v) is 8.04. The molecule has 0 aromatic carbocycles. The maximum atomic E-state index is 12.0. The molecule has 3 saturated heterocycles. The molecule has 3 aliphatic heterocycles. The maximum Gasteiger partial charge on any atom is 0.243 e. The molecular formula is C19H35IN4O4. The van der Waals surface area contributed by atoms with Gasteiger partial charge in [0, 0.05) is 52.2 Å². The molecule has 1 amide bonds. The lowest BCUT2D eigenvalue weighted by molar-refractivity contribution is -0.189. The summed E-state index contributed by atoms with van der Waals surface area (Å²) in [4.78, 5) is 20.5. The first-order chi connectivity index (χ1) is 13.0. The minimum Gasteiger partial charge on any atom is -0.381 e. The number of halogens is 1. The normalized spacial score (nSPS) is 27.4. The van der Waals surface area contributed by atoms with Crippen LogP contribution in [0.25, 0.3) is 0 Å². The third-order valence-electron chi connectivity index (χ3n) is 5.76. The first kappa shape index (κ1) is 23.6. The number of piperidine rings is 1. The van der Waals surface area contributed by atoms with Crippen LogP contribution in [0.5, 0.6) is 0 Å². The van der Waals surface area contributed by atoms with E-state index in [-0.39, 0.29) is 36.4 Å². The zero-order chi connectivity index (χ0) is 19.3. The van der Waals surface area contributed by atoms with Crippen LogP contribution in [0.3, 0.4) is 0 Å². The Labute approximate surface area is 185 Å². The molecule has 0 aromatic heterocycles. The minimum absolute atomic E-state index is 0. The Morgan fingerprint density at radius 1 is 1.25 bits per heavy atom. The van der Waals surface area contributed by atoms with E-state index in [4.69, 9.17) is 14.2 Å². The lowest BCUT2D eigenvalue weighted by atomic mass is 9.90. The zero-order valence-electron chi connectivity index (χ0n) is 17.3.